The smallest absolute Gasteiger partial charge is 0.179 e. The molecule has 0 aliphatic heterocycles. The van der Waals surface area contributed by atoms with Crippen molar-refractivity contribution in [1.29, 1.82) is 0 Å². The second-order valence-corrected chi connectivity index (χ2v) is 7.29. The van der Waals surface area contributed by atoms with Gasteiger partial charge in [0.05, 0.1) is 20.1 Å². The van der Waals surface area contributed by atoms with Gasteiger partial charge in [-0.15, -0.1) is 0 Å². The third kappa shape index (κ3) is 2.62. The SMILES string of the molecule is [SiH3]O[SiH2]c1cc(Cl)c(Cl)c(Cl)c1Cl. The molecule has 1 rings (SSSR count). The predicted molar refractivity (Wildman–Crippen MR) is 65.7 cm³/mol. The van der Waals surface area contributed by atoms with Gasteiger partial charge in [-0.25, -0.2) is 0 Å². The monoisotopic (exact) mass is 290 g/mol. The molecule has 0 fully saturated rings. The number of benzene rings is 1. The molecule has 0 amide bonds. The fourth-order valence-electron chi connectivity index (χ4n) is 0.882. The first-order valence-corrected chi connectivity index (χ1v) is 7.00. The molecule has 0 atom stereocenters. The van der Waals surface area contributed by atoms with Crippen LogP contribution < -0.4 is 5.19 Å². The second-order valence-electron chi connectivity index (χ2n) is 2.39. The van der Waals surface area contributed by atoms with Crippen LogP contribution in [0.5, 0.6) is 0 Å². The van der Waals surface area contributed by atoms with Gasteiger partial charge in [-0.3, -0.25) is 0 Å². The average Bonchev–Trinajstić information content (AvgIpc) is 2.11. The first kappa shape index (κ1) is 11.8. The molecule has 72 valence electrons. The maximum absolute atomic E-state index is 5.94. The van der Waals surface area contributed by atoms with Crippen molar-refractivity contribution in [3.8, 4) is 0 Å². The highest BCUT2D eigenvalue weighted by Crippen LogP contribution is 2.33. The minimum Gasteiger partial charge on any atom is -0.465 e. The third-order valence-corrected chi connectivity index (χ3v) is 5.52. The van der Waals surface area contributed by atoms with Crippen LogP contribution in [0.25, 0.3) is 0 Å². The van der Waals surface area contributed by atoms with Crippen molar-refractivity contribution in [3.63, 3.8) is 0 Å². The Kier molecular flexibility index (Phi) is 4.58. The molecule has 0 saturated heterocycles. The first-order chi connectivity index (χ1) is 6.07. The standard InChI is InChI=1S/C6H6Cl4OSi2/c7-2-1-3(13-11-12)5(9)6(10)4(2)8/h1H,13H2,12H3. The maximum Gasteiger partial charge on any atom is 0.179 e. The topological polar surface area (TPSA) is 9.23 Å². The van der Waals surface area contributed by atoms with Gasteiger partial charge >= 0.3 is 0 Å². The lowest BCUT2D eigenvalue weighted by Crippen LogP contribution is -2.18. The van der Waals surface area contributed by atoms with Gasteiger partial charge in [-0.1, -0.05) is 46.4 Å². The minimum atomic E-state index is -0.786. The summed E-state index contributed by atoms with van der Waals surface area (Å²) in [5, 5.41) is 2.42. The number of rotatable bonds is 2. The van der Waals surface area contributed by atoms with Gasteiger partial charge in [0.25, 0.3) is 0 Å². The molecule has 13 heavy (non-hydrogen) atoms. The summed E-state index contributed by atoms with van der Waals surface area (Å²) in [7, 11) is -0.0868. The maximum atomic E-state index is 5.94. The average molecular weight is 292 g/mol. The van der Waals surface area contributed by atoms with E-state index in [0.717, 1.165) is 5.19 Å². The van der Waals surface area contributed by atoms with Crippen LogP contribution in [0.15, 0.2) is 6.07 Å². The van der Waals surface area contributed by atoms with Crippen LogP contribution in [0.4, 0.5) is 0 Å². The Labute approximate surface area is 102 Å². The summed E-state index contributed by atoms with van der Waals surface area (Å²) in [6, 6.07) is 1.72. The zero-order valence-electron chi connectivity index (χ0n) is 6.70. The Morgan fingerprint density at radius 3 is 2.23 bits per heavy atom. The Morgan fingerprint density at radius 1 is 1.08 bits per heavy atom. The number of hydrogen-bond acceptors (Lipinski definition) is 1. The molecule has 0 aliphatic carbocycles. The highest BCUT2D eigenvalue weighted by atomic mass is 35.5. The van der Waals surface area contributed by atoms with E-state index in [4.69, 9.17) is 50.5 Å². The van der Waals surface area contributed by atoms with E-state index in [2.05, 4.69) is 0 Å². The number of halogens is 4. The van der Waals surface area contributed by atoms with Gasteiger partial charge in [0.2, 0.25) is 0 Å². The fourth-order valence-corrected chi connectivity index (χ4v) is 3.97. The Balaban J connectivity index is 3.24. The molecular weight excluding hydrogens is 286 g/mol. The summed E-state index contributed by atoms with van der Waals surface area (Å²) in [5.41, 5.74) is 0. The molecule has 7 heteroatoms. The number of hydrogen-bond donors (Lipinski definition) is 0. The van der Waals surface area contributed by atoms with Crippen LogP contribution >= 0.6 is 46.4 Å². The normalized spacial score (nSPS) is 11.7. The van der Waals surface area contributed by atoms with Crippen molar-refractivity contribution in [1.82, 2.24) is 0 Å². The third-order valence-electron chi connectivity index (χ3n) is 1.48. The van der Waals surface area contributed by atoms with Gasteiger partial charge < -0.3 is 4.12 Å². The van der Waals surface area contributed by atoms with E-state index in [1.54, 1.807) is 6.07 Å². The summed E-state index contributed by atoms with van der Waals surface area (Å²) in [6.45, 7) is 0. The lowest BCUT2D eigenvalue weighted by molar-refractivity contribution is 0.676. The fraction of sp³-hybridized carbons (Fsp3) is 0. The van der Waals surface area contributed by atoms with E-state index in [1.807, 2.05) is 0 Å². The zero-order chi connectivity index (χ0) is 10.0. The van der Waals surface area contributed by atoms with Gasteiger partial charge in [-0.05, 0) is 11.3 Å². The molecule has 0 N–H and O–H groups in total. The molecule has 1 nitrogen and oxygen atoms in total. The van der Waals surface area contributed by atoms with E-state index in [1.165, 1.54) is 0 Å². The predicted octanol–water partition coefficient (Wildman–Crippen LogP) is 1.31. The summed E-state index contributed by atoms with van der Waals surface area (Å²) in [4.78, 5) is 0. The molecule has 0 saturated carbocycles. The molecule has 0 radical (unpaired) electrons. The molecule has 0 bridgehead atoms. The van der Waals surface area contributed by atoms with E-state index < -0.39 is 9.76 Å². The zero-order valence-corrected chi connectivity index (χ0v) is 13.1. The van der Waals surface area contributed by atoms with Crippen LogP contribution in [-0.4, -0.2) is 20.2 Å². The van der Waals surface area contributed by atoms with Crippen molar-refractivity contribution in [2.75, 3.05) is 0 Å². The van der Waals surface area contributed by atoms with Crippen LogP contribution in [0.1, 0.15) is 0 Å². The van der Waals surface area contributed by atoms with Crippen molar-refractivity contribution in [2.45, 2.75) is 0 Å². The molecular formula is C6H6Cl4OSi2. The summed E-state index contributed by atoms with van der Waals surface area (Å²) in [5.74, 6) is 0. The largest absolute Gasteiger partial charge is 0.465 e. The second kappa shape index (κ2) is 5.02. The van der Waals surface area contributed by atoms with Gasteiger partial charge in [0.15, 0.2) is 9.76 Å². The van der Waals surface area contributed by atoms with E-state index in [9.17, 15) is 0 Å². The van der Waals surface area contributed by atoms with E-state index in [-0.39, 0.29) is 0 Å². The van der Waals surface area contributed by atoms with Gasteiger partial charge in [0, 0.05) is 0 Å². The van der Waals surface area contributed by atoms with Crippen molar-refractivity contribution >= 4 is 71.8 Å². The van der Waals surface area contributed by atoms with Crippen molar-refractivity contribution < 1.29 is 4.12 Å². The Morgan fingerprint density at radius 2 is 1.69 bits per heavy atom. The van der Waals surface area contributed by atoms with Crippen LogP contribution in [0.2, 0.25) is 20.1 Å². The van der Waals surface area contributed by atoms with E-state index >= 15 is 0 Å². The molecule has 1 aromatic carbocycles. The van der Waals surface area contributed by atoms with Crippen LogP contribution in [0.3, 0.4) is 0 Å². The Hall–Kier alpha value is 0.774. The van der Waals surface area contributed by atoms with Crippen LogP contribution in [-0.2, 0) is 4.12 Å². The van der Waals surface area contributed by atoms with E-state index in [0.29, 0.717) is 30.6 Å². The highest BCUT2D eigenvalue weighted by molar-refractivity contribution is 6.61. The molecule has 0 aliphatic rings. The van der Waals surface area contributed by atoms with Crippen molar-refractivity contribution in [2.24, 2.45) is 0 Å². The molecule has 0 heterocycles. The lowest BCUT2D eigenvalue weighted by atomic mass is 10.3. The molecule has 0 spiro atoms. The molecule has 0 unspecified atom stereocenters. The minimum absolute atomic E-state index is 0.305. The van der Waals surface area contributed by atoms with Crippen LogP contribution in [0, 0.1) is 0 Å². The molecule has 0 aromatic heterocycles. The summed E-state index contributed by atoms with van der Waals surface area (Å²) in [6.07, 6.45) is 0. The van der Waals surface area contributed by atoms with Crippen molar-refractivity contribution in [3.05, 3.63) is 26.2 Å². The first-order valence-electron chi connectivity index (χ1n) is 3.38. The van der Waals surface area contributed by atoms with Gasteiger partial charge in [0.1, 0.15) is 10.5 Å². The Bertz CT molecular complexity index is 331. The quantitative estimate of drug-likeness (QED) is 0.454. The van der Waals surface area contributed by atoms with Gasteiger partial charge in [-0.2, -0.15) is 0 Å². The highest BCUT2D eigenvalue weighted by Gasteiger charge is 2.12. The summed E-state index contributed by atoms with van der Waals surface area (Å²) >= 11 is 23.4. The molecule has 1 aromatic rings. The lowest BCUT2D eigenvalue weighted by Gasteiger charge is -2.07. The summed E-state index contributed by atoms with van der Waals surface area (Å²) < 4.78 is 5.19.